The summed E-state index contributed by atoms with van der Waals surface area (Å²) in [6, 6.07) is 0. The first-order chi connectivity index (χ1) is 8.66. The van der Waals surface area contributed by atoms with Crippen LogP contribution in [0.1, 0.15) is 34.1 Å². The first-order valence-electron chi connectivity index (χ1n) is 5.85. The van der Waals surface area contributed by atoms with Crippen molar-refractivity contribution in [3.63, 3.8) is 0 Å². The van der Waals surface area contributed by atoms with Gasteiger partial charge in [0, 0.05) is 0 Å². The molecule has 2 atom stereocenters. The van der Waals surface area contributed by atoms with Crippen LogP contribution >= 0.6 is 15.9 Å². The lowest BCUT2D eigenvalue weighted by Crippen LogP contribution is -2.43. The van der Waals surface area contributed by atoms with Crippen molar-refractivity contribution in [3.05, 3.63) is 0 Å². The van der Waals surface area contributed by atoms with E-state index in [4.69, 9.17) is 4.74 Å². The van der Waals surface area contributed by atoms with Crippen molar-refractivity contribution in [1.82, 2.24) is 0 Å². The molecule has 0 radical (unpaired) electrons. The minimum atomic E-state index is -4.52. The molecule has 0 amide bonds. The zero-order chi connectivity index (χ0) is 16.1. The smallest absolute Gasteiger partial charge is 0.363 e. The van der Waals surface area contributed by atoms with Crippen LogP contribution in [0.5, 0.6) is 0 Å². The summed E-state index contributed by atoms with van der Waals surface area (Å²) in [4.78, 5) is 19.0. The predicted octanol–water partition coefficient (Wildman–Crippen LogP) is 3.55. The molecule has 0 N–H and O–H groups in total. The molecule has 0 bridgehead atoms. The van der Waals surface area contributed by atoms with Crippen LogP contribution in [0.15, 0.2) is 0 Å². The van der Waals surface area contributed by atoms with Gasteiger partial charge in [-0.2, -0.15) is 17.6 Å². The van der Waals surface area contributed by atoms with Crippen LogP contribution in [0.4, 0.5) is 17.6 Å². The topological polar surface area (TPSA) is 43.4 Å². The molecule has 116 valence electrons. The van der Waals surface area contributed by atoms with Gasteiger partial charge in [-0.1, -0.05) is 0 Å². The van der Waals surface area contributed by atoms with Gasteiger partial charge in [0.1, 0.15) is 16.8 Å². The minimum absolute atomic E-state index is 0.647. The van der Waals surface area contributed by atoms with Gasteiger partial charge in [0.15, 0.2) is 0 Å². The number of alkyl halides is 5. The van der Waals surface area contributed by atoms with E-state index in [0.29, 0.717) is 0 Å². The highest BCUT2D eigenvalue weighted by Crippen LogP contribution is 2.65. The Morgan fingerprint density at radius 1 is 1.20 bits per heavy atom. The summed E-state index contributed by atoms with van der Waals surface area (Å²) in [5, 5.41) is 0. The lowest BCUT2D eigenvalue weighted by atomic mass is 9.95. The molecule has 8 heteroatoms. The van der Waals surface area contributed by atoms with Crippen LogP contribution in [0.2, 0.25) is 0 Å². The molecule has 0 aromatic carbocycles. The zero-order valence-corrected chi connectivity index (χ0v) is 13.0. The van der Waals surface area contributed by atoms with E-state index in [1.54, 1.807) is 15.9 Å². The largest absolute Gasteiger partial charge is 0.459 e. The third-order valence-electron chi connectivity index (χ3n) is 3.17. The third-order valence-corrected chi connectivity index (χ3v) is 3.70. The molecule has 1 fully saturated rings. The van der Waals surface area contributed by atoms with Crippen LogP contribution in [0.3, 0.4) is 0 Å². The lowest BCUT2D eigenvalue weighted by molar-refractivity contribution is -0.182. The summed E-state index contributed by atoms with van der Waals surface area (Å²) >= 11 is 1.61. The van der Waals surface area contributed by atoms with Gasteiger partial charge in [0.05, 0.1) is 5.92 Å². The highest BCUT2D eigenvalue weighted by molar-refractivity contribution is 9.10. The number of hydrogen-bond acceptors (Lipinski definition) is 3. The molecule has 0 spiro atoms. The molecule has 0 aromatic heterocycles. The molecule has 0 aromatic rings. The SMILES string of the molecule is CC(=O)C1(C(=O)OC(C)(C)C)CC1C(F)(F)C(F)(F)Br. The van der Waals surface area contributed by atoms with E-state index in [9.17, 15) is 27.2 Å². The average Bonchev–Trinajstić information content (AvgIpc) is 2.88. The molecule has 0 aliphatic heterocycles. The molecular weight excluding hydrogens is 348 g/mol. The molecule has 1 saturated carbocycles. The van der Waals surface area contributed by atoms with Gasteiger partial charge in [-0.3, -0.25) is 9.59 Å². The Hall–Kier alpha value is -0.660. The summed E-state index contributed by atoms with van der Waals surface area (Å²) in [6.45, 7) is 5.40. The maximum atomic E-state index is 13.6. The van der Waals surface area contributed by atoms with Crippen molar-refractivity contribution in [2.45, 2.75) is 50.5 Å². The summed E-state index contributed by atoms with van der Waals surface area (Å²) in [7, 11) is 0. The van der Waals surface area contributed by atoms with Gasteiger partial charge in [-0.15, -0.1) is 0 Å². The van der Waals surface area contributed by atoms with Gasteiger partial charge >= 0.3 is 16.7 Å². The number of halogens is 5. The van der Waals surface area contributed by atoms with Crippen molar-refractivity contribution in [1.29, 1.82) is 0 Å². The number of Topliss-reactive ketones (excluding diaryl/α,β-unsaturated/α-hetero) is 1. The minimum Gasteiger partial charge on any atom is -0.459 e. The van der Waals surface area contributed by atoms with Gasteiger partial charge in [0.25, 0.3) is 0 Å². The summed E-state index contributed by atoms with van der Waals surface area (Å²) in [5.74, 6) is -8.67. The van der Waals surface area contributed by atoms with Crippen molar-refractivity contribution < 1.29 is 31.9 Å². The van der Waals surface area contributed by atoms with E-state index in [1.807, 2.05) is 0 Å². The predicted molar refractivity (Wildman–Crippen MR) is 65.9 cm³/mol. The lowest BCUT2D eigenvalue weighted by Gasteiger charge is -2.26. The van der Waals surface area contributed by atoms with E-state index in [1.165, 1.54) is 20.8 Å². The number of rotatable bonds is 4. The average molecular weight is 363 g/mol. The van der Waals surface area contributed by atoms with Crippen LogP contribution in [0.25, 0.3) is 0 Å². The van der Waals surface area contributed by atoms with Crippen LogP contribution in [-0.4, -0.2) is 28.1 Å². The zero-order valence-electron chi connectivity index (χ0n) is 11.4. The standard InChI is InChI=1S/C12H15BrF4O3/c1-6(18)10(8(19)20-9(2,3)4)5-7(10)11(14,15)12(13,16)17/h7H,5H2,1-4H3. The van der Waals surface area contributed by atoms with Crippen molar-refractivity contribution in [2.75, 3.05) is 0 Å². The maximum absolute atomic E-state index is 13.6. The summed E-state index contributed by atoms with van der Waals surface area (Å²) in [5.41, 5.74) is -3.19. The Morgan fingerprint density at radius 2 is 1.65 bits per heavy atom. The number of esters is 1. The number of ether oxygens (including phenoxy) is 1. The maximum Gasteiger partial charge on any atom is 0.363 e. The fourth-order valence-electron chi connectivity index (χ4n) is 2.03. The van der Waals surface area contributed by atoms with E-state index < -0.39 is 45.9 Å². The van der Waals surface area contributed by atoms with Gasteiger partial charge < -0.3 is 4.74 Å². The van der Waals surface area contributed by atoms with Gasteiger partial charge in [0.2, 0.25) is 0 Å². The molecule has 20 heavy (non-hydrogen) atoms. The second kappa shape index (κ2) is 4.68. The molecule has 1 aliphatic carbocycles. The van der Waals surface area contributed by atoms with Crippen LogP contribution < -0.4 is 0 Å². The Kier molecular flexibility index (Phi) is 4.07. The first-order valence-corrected chi connectivity index (χ1v) is 6.64. The second-order valence-electron chi connectivity index (χ2n) is 5.91. The Balaban J connectivity index is 3.08. The van der Waals surface area contributed by atoms with Gasteiger partial charge in [-0.25, -0.2) is 0 Å². The third kappa shape index (κ3) is 2.84. The van der Waals surface area contributed by atoms with E-state index >= 15 is 0 Å². The fourth-order valence-corrected chi connectivity index (χ4v) is 2.30. The fraction of sp³-hybridized carbons (Fsp3) is 0.833. The summed E-state index contributed by atoms with van der Waals surface area (Å²) < 4.78 is 57.9. The second-order valence-corrected chi connectivity index (χ2v) is 6.90. The molecule has 0 saturated heterocycles. The number of carbonyl (C=O) groups is 2. The normalized spacial score (nSPS) is 27.1. The highest BCUT2D eigenvalue weighted by Gasteiger charge is 2.79. The molecule has 1 rings (SSSR count). The van der Waals surface area contributed by atoms with Gasteiger partial charge in [-0.05, 0) is 50.0 Å². The first kappa shape index (κ1) is 17.4. The van der Waals surface area contributed by atoms with Crippen molar-refractivity contribution in [3.8, 4) is 0 Å². The van der Waals surface area contributed by atoms with E-state index in [-0.39, 0.29) is 0 Å². The highest BCUT2D eigenvalue weighted by atomic mass is 79.9. The molecule has 2 unspecified atom stereocenters. The van der Waals surface area contributed by atoms with E-state index in [2.05, 4.69) is 0 Å². The molecule has 0 heterocycles. The Morgan fingerprint density at radius 3 is 1.95 bits per heavy atom. The monoisotopic (exact) mass is 362 g/mol. The Bertz CT molecular complexity index is 439. The molecule has 3 nitrogen and oxygen atoms in total. The van der Waals surface area contributed by atoms with Crippen LogP contribution in [-0.2, 0) is 14.3 Å². The molecular formula is C12H15BrF4O3. The van der Waals surface area contributed by atoms with Crippen molar-refractivity contribution in [2.24, 2.45) is 11.3 Å². The number of hydrogen-bond donors (Lipinski definition) is 0. The summed E-state index contributed by atoms with van der Waals surface area (Å²) in [6.07, 6.45) is -0.647. The molecule has 1 aliphatic rings. The Labute approximate surface area is 122 Å². The number of carbonyl (C=O) groups excluding carboxylic acids is 2. The van der Waals surface area contributed by atoms with E-state index in [0.717, 1.165) is 6.92 Å². The number of ketones is 1. The van der Waals surface area contributed by atoms with Crippen LogP contribution in [0, 0.1) is 11.3 Å². The van der Waals surface area contributed by atoms with Crippen molar-refractivity contribution >= 4 is 27.7 Å². The quantitative estimate of drug-likeness (QED) is 0.332.